The average Bonchev–Trinajstić information content (AvgIpc) is 2.99. The fourth-order valence-electron chi connectivity index (χ4n) is 1.98. The van der Waals surface area contributed by atoms with E-state index in [2.05, 4.69) is 15.6 Å². The summed E-state index contributed by atoms with van der Waals surface area (Å²) in [6, 6.07) is 8.61. The van der Waals surface area contributed by atoms with Crippen molar-refractivity contribution in [1.29, 1.82) is 5.26 Å². The predicted molar refractivity (Wildman–Crippen MR) is 93.1 cm³/mol. The van der Waals surface area contributed by atoms with Crippen molar-refractivity contribution < 1.29 is 9.53 Å². The lowest BCUT2D eigenvalue weighted by molar-refractivity contribution is 0.226. The zero-order chi connectivity index (χ0) is 17.6. The molecule has 2 aromatic rings. The second kappa shape index (κ2) is 7.79. The molecule has 0 saturated carbocycles. The highest BCUT2D eigenvalue weighted by Crippen LogP contribution is 2.24. The molecule has 0 aliphatic rings. The molecule has 0 aliphatic carbocycles. The molecule has 0 unspecified atom stereocenters. The number of rotatable bonds is 6. The maximum atomic E-state index is 12.0. The first-order valence-corrected chi connectivity index (χ1v) is 8.34. The smallest absolute Gasteiger partial charge is 0.315 e. The van der Waals surface area contributed by atoms with Gasteiger partial charge in [0.15, 0.2) is 0 Å². The summed E-state index contributed by atoms with van der Waals surface area (Å²) < 4.78 is 5.51. The second-order valence-electron chi connectivity index (χ2n) is 5.77. The highest BCUT2D eigenvalue weighted by molar-refractivity contribution is 7.11. The number of aromatic nitrogens is 1. The third kappa shape index (κ3) is 4.96. The van der Waals surface area contributed by atoms with Crippen LogP contribution in [-0.4, -0.2) is 24.2 Å². The van der Waals surface area contributed by atoms with Gasteiger partial charge in [-0.25, -0.2) is 9.78 Å². The van der Waals surface area contributed by atoms with E-state index in [9.17, 15) is 4.79 Å². The first-order chi connectivity index (χ1) is 11.4. The molecule has 1 aromatic heterocycles. The van der Waals surface area contributed by atoms with Gasteiger partial charge in [-0.3, -0.25) is 0 Å². The van der Waals surface area contributed by atoms with Gasteiger partial charge in [-0.2, -0.15) is 5.26 Å². The van der Waals surface area contributed by atoms with Crippen LogP contribution >= 0.6 is 11.3 Å². The lowest BCUT2D eigenvalue weighted by Crippen LogP contribution is -2.47. The van der Waals surface area contributed by atoms with Gasteiger partial charge in [0.05, 0.1) is 23.7 Å². The number of nitriles is 1. The van der Waals surface area contributed by atoms with Crippen molar-refractivity contribution in [2.24, 2.45) is 0 Å². The second-order valence-corrected chi connectivity index (χ2v) is 7.00. The molecule has 0 radical (unpaired) electrons. The number of nitrogens with zero attached hydrogens (tertiary/aromatic N) is 2. The number of nitrogens with one attached hydrogen (secondary N) is 2. The van der Waals surface area contributed by atoms with Gasteiger partial charge >= 0.3 is 6.03 Å². The molecule has 1 aromatic carbocycles. The van der Waals surface area contributed by atoms with Crippen LogP contribution < -0.4 is 15.4 Å². The Morgan fingerprint density at radius 2 is 2.08 bits per heavy atom. The quantitative estimate of drug-likeness (QED) is 0.789. The third-order valence-corrected chi connectivity index (χ3v) is 4.46. The number of hydrogen-bond acceptors (Lipinski definition) is 5. The summed E-state index contributed by atoms with van der Waals surface area (Å²) in [4.78, 5) is 17.4. The number of urea groups is 1. The van der Waals surface area contributed by atoms with Gasteiger partial charge in [0.1, 0.15) is 17.4 Å². The molecule has 6 nitrogen and oxygen atoms in total. The summed E-state index contributed by atoms with van der Waals surface area (Å²) in [6.07, 6.45) is 1.80. The van der Waals surface area contributed by atoms with Crippen molar-refractivity contribution in [3.63, 3.8) is 0 Å². The van der Waals surface area contributed by atoms with Crippen LogP contribution in [0.25, 0.3) is 0 Å². The zero-order valence-corrected chi connectivity index (χ0v) is 14.7. The van der Waals surface area contributed by atoms with Gasteiger partial charge in [-0.1, -0.05) is 0 Å². The number of carbonyl (C=O) groups is 1. The van der Waals surface area contributed by atoms with Crippen molar-refractivity contribution in [3.8, 4) is 11.8 Å². The van der Waals surface area contributed by atoms with Crippen molar-refractivity contribution >= 4 is 17.4 Å². The fourth-order valence-corrected chi connectivity index (χ4v) is 2.81. The van der Waals surface area contributed by atoms with Crippen LogP contribution in [0.5, 0.6) is 5.75 Å². The predicted octanol–water partition coefficient (Wildman–Crippen LogP) is 2.94. The number of aryl methyl sites for hydroxylation is 1. The van der Waals surface area contributed by atoms with E-state index in [0.717, 1.165) is 9.88 Å². The molecule has 7 heteroatoms. The molecule has 0 spiro atoms. The average molecular weight is 344 g/mol. The first-order valence-electron chi connectivity index (χ1n) is 7.52. The monoisotopic (exact) mass is 344 g/mol. The summed E-state index contributed by atoms with van der Waals surface area (Å²) in [5, 5.41) is 15.3. The molecule has 0 fully saturated rings. The van der Waals surface area contributed by atoms with Crippen LogP contribution in [0, 0.1) is 18.3 Å². The van der Waals surface area contributed by atoms with Crippen LogP contribution in [0.1, 0.15) is 29.3 Å². The Hall–Kier alpha value is -2.59. The van der Waals surface area contributed by atoms with Crippen LogP contribution in [-0.2, 0) is 5.54 Å². The number of amides is 2. The first kappa shape index (κ1) is 17.8. The Morgan fingerprint density at radius 1 is 1.38 bits per heavy atom. The SMILES string of the molecule is Cc1cnc(C(C)(C)NC(=O)NCCOc2ccc(C#N)cc2)s1. The van der Waals surface area contributed by atoms with Gasteiger partial charge in [0, 0.05) is 11.1 Å². The molecule has 0 saturated heterocycles. The standard InChI is InChI=1S/C17H20N4O2S/c1-12-11-20-15(24-12)17(2,3)21-16(22)19-8-9-23-14-6-4-13(10-18)5-7-14/h4-7,11H,8-9H2,1-3H3,(H2,19,21,22). The van der Waals surface area contributed by atoms with E-state index in [1.165, 1.54) is 0 Å². The minimum atomic E-state index is -0.531. The van der Waals surface area contributed by atoms with Gasteiger partial charge in [-0.15, -0.1) is 11.3 Å². The lowest BCUT2D eigenvalue weighted by atomic mass is 10.1. The molecule has 24 heavy (non-hydrogen) atoms. The Kier molecular flexibility index (Phi) is 5.77. The summed E-state index contributed by atoms with van der Waals surface area (Å²) >= 11 is 1.56. The van der Waals surface area contributed by atoms with Crippen molar-refractivity contribution in [1.82, 2.24) is 15.6 Å². The van der Waals surface area contributed by atoms with Crippen LogP contribution in [0.2, 0.25) is 0 Å². The molecule has 0 aliphatic heterocycles. The van der Waals surface area contributed by atoms with Crippen LogP contribution in [0.4, 0.5) is 4.79 Å². The molecular formula is C17H20N4O2S. The third-order valence-electron chi connectivity index (χ3n) is 3.22. The number of thiazole rings is 1. The minimum Gasteiger partial charge on any atom is -0.492 e. The Morgan fingerprint density at radius 3 is 2.67 bits per heavy atom. The lowest BCUT2D eigenvalue weighted by Gasteiger charge is -2.24. The van der Waals surface area contributed by atoms with Gasteiger partial charge in [0.25, 0.3) is 0 Å². The molecule has 2 amide bonds. The summed E-state index contributed by atoms with van der Waals surface area (Å²) in [7, 11) is 0. The molecular weight excluding hydrogens is 324 g/mol. The maximum absolute atomic E-state index is 12.0. The van der Waals surface area contributed by atoms with E-state index >= 15 is 0 Å². The topological polar surface area (TPSA) is 87.0 Å². The number of carbonyl (C=O) groups excluding carboxylic acids is 1. The Bertz CT molecular complexity index is 732. The van der Waals surface area contributed by atoms with E-state index < -0.39 is 5.54 Å². The zero-order valence-electron chi connectivity index (χ0n) is 13.9. The maximum Gasteiger partial charge on any atom is 0.315 e. The molecule has 126 valence electrons. The van der Waals surface area contributed by atoms with Crippen molar-refractivity contribution in [2.45, 2.75) is 26.3 Å². The van der Waals surface area contributed by atoms with Crippen LogP contribution in [0.3, 0.4) is 0 Å². The number of benzene rings is 1. The van der Waals surface area contributed by atoms with Gasteiger partial charge in [0.2, 0.25) is 0 Å². The van der Waals surface area contributed by atoms with Crippen molar-refractivity contribution in [2.75, 3.05) is 13.2 Å². The van der Waals surface area contributed by atoms with Crippen molar-refractivity contribution in [3.05, 3.63) is 45.9 Å². The minimum absolute atomic E-state index is 0.267. The largest absolute Gasteiger partial charge is 0.492 e. The number of hydrogen-bond donors (Lipinski definition) is 2. The Balaban J connectivity index is 1.74. The molecule has 2 N–H and O–H groups in total. The number of ether oxygens (including phenoxy) is 1. The van der Waals surface area contributed by atoms with Gasteiger partial charge < -0.3 is 15.4 Å². The van der Waals surface area contributed by atoms with E-state index in [0.29, 0.717) is 24.5 Å². The van der Waals surface area contributed by atoms with Gasteiger partial charge in [-0.05, 0) is 45.0 Å². The normalized spacial score (nSPS) is 10.8. The molecule has 1 heterocycles. The van der Waals surface area contributed by atoms with E-state index in [1.54, 1.807) is 41.8 Å². The summed E-state index contributed by atoms with van der Waals surface area (Å²) in [6.45, 7) is 6.53. The summed E-state index contributed by atoms with van der Waals surface area (Å²) in [5.41, 5.74) is 0.0521. The molecule has 2 rings (SSSR count). The van der Waals surface area contributed by atoms with E-state index in [-0.39, 0.29) is 6.03 Å². The summed E-state index contributed by atoms with van der Waals surface area (Å²) in [5.74, 6) is 0.662. The fraction of sp³-hybridized carbons (Fsp3) is 0.353. The molecule has 0 atom stereocenters. The van der Waals surface area contributed by atoms with Crippen LogP contribution in [0.15, 0.2) is 30.5 Å². The highest BCUT2D eigenvalue weighted by atomic mass is 32.1. The molecule has 0 bridgehead atoms. The van der Waals surface area contributed by atoms with E-state index in [4.69, 9.17) is 10.00 Å². The Labute approximate surface area is 145 Å². The van der Waals surface area contributed by atoms with E-state index in [1.807, 2.05) is 26.8 Å². The highest BCUT2D eigenvalue weighted by Gasteiger charge is 2.25.